The molecule has 3 atom stereocenters. The minimum Gasteiger partial charge on any atom is -0.480 e. The Balaban J connectivity index is 0.000000315. The maximum Gasteiger partial charge on any atom is 0.408 e. The number of hydrogen-bond acceptors (Lipinski definition) is 17. The lowest BCUT2D eigenvalue weighted by atomic mass is 10.1. The molecular weight excluding hydrogens is 1210 g/mol. The average molecular weight is 1280 g/mol. The van der Waals surface area contributed by atoms with Crippen molar-refractivity contribution in [2.75, 3.05) is 16.6 Å². The summed E-state index contributed by atoms with van der Waals surface area (Å²) in [6.45, 7) is 15.5. The Hall–Kier alpha value is -9.96. The van der Waals surface area contributed by atoms with Crippen LogP contribution in [-0.4, -0.2) is 77.9 Å². The molecule has 0 aliphatic carbocycles. The number of aromatic nitrogens is 3. The van der Waals surface area contributed by atoms with Gasteiger partial charge in [0.15, 0.2) is 5.82 Å². The number of nitrogens with zero attached hydrogens (tertiary/aromatic N) is 3. The Morgan fingerprint density at radius 1 is 0.607 bits per heavy atom. The molecule has 7 rings (SSSR count). The van der Waals surface area contributed by atoms with Crippen LogP contribution in [0.1, 0.15) is 116 Å². The number of carbonyl (C=O) groups excluding carboxylic acids is 3. The van der Waals surface area contributed by atoms with Crippen LogP contribution in [0.25, 0.3) is 21.8 Å². The van der Waals surface area contributed by atoms with Crippen LogP contribution in [0.3, 0.4) is 0 Å². The summed E-state index contributed by atoms with van der Waals surface area (Å²) >= 11 is 17.6. The van der Waals surface area contributed by atoms with Crippen molar-refractivity contribution < 1.29 is 52.8 Å². The molecule has 89 heavy (non-hydrogen) atoms. The van der Waals surface area contributed by atoms with E-state index in [1.807, 2.05) is 48.5 Å². The fourth-order valence-electron chi connectivity index (χ4n) is 6.94. The van der Waals surface area contributed by atoms with E-state index in [1.165, 1.54) is 35.0 Å². The predicted molar refractivity (Wildman–Crippen MR) is 344 cm³/mol. The Kier molecular flexibility index (Phi) is 28.3. The molecule has 26 heteroatoms. The van der Waals surface area contributed by atoms with Crippen molar-refractivity contribution in [2.24, 2.45) is 5.84 Å². The van der Waals surface area contributed by atoms with Gasteiger partial charge in [0.25, 0.3) is 5.56 Å². The number of nitrogens with two attached hydrogens (primary N) is 2. The lowest BCUT2D eigenvalue weighted by molar-refractivity contribution is -0.139. The van der Waals surface area contributed by atoms with E-state index in [9.17, 15) is 33.6 Å². The van der Waals surface area contributed by atoms with Crippen LogP contribution < -0.4 is 49.6 Å². The van der Waals surface area contributed by atoms with Gasteiger partial charge >= 0.3 is 35.8 Å². The minimum atomic E-state index is -1.18. The summed E-state index contributed by atoms with van der Waals surface area (Å²) in [5, 5.41) is 26.6. The highest BCUT2D eigenvalue weighted by atomic mass is 35.5. The van der Waals surface area contributed by atoms with Crippen LogP contribution in [0.2, 0.25) is 15.1 Å². The van der Waals surface area contributed by atoms with Crippen LogP contribution in [0, 0.1) is 37.0 Å². The van der Waals surface area contributed by atoms with Crippen molar-refractivity contribution in [1.29, 1.82) is 0 Å². The molecule has 0 saturated heterocycles. The van der Waals surface area contributed by atoms with Gasteiger partial charge in [-0.05, 0) is 141 Å². The topological polar surface area (TPSA) is 344 Å². The molecular formula is C63H69Cl3N10O13. The second-order valence-electron chi connectivity index (χ2n) is 21.5. The van der Waals surface area contributed by atoms with Gasteiger partial charge in [0, 0.05) is 45.7 Å². The second kappa shape index (κ2) is 34.4. The summed E-state index contributed by atoms with van der Waals surface area (Å²) in [5.74, 6) is 10.2. The number of aromatic carboxylic acids is 1. The van der Waals surface area contributed by atoms with E-state index in [1.54, 1.807) is 98.7 Å². The SMILES string of the molecule is C#CC[C@H](NC(=O)OC(C)(C)C)C(=O)O.C#CC[C@H](NC(=O)OC(C)(C)C)c1nc2cc(Cl)ccc2c(=O)n1Nc1ccccc1.C#CC[C@H](NC(=O)OC(C)(C)C)c1nc2cc(Cl)ccc2c(=O)o1.NNc1ccccc1.Nc1cc(Cl)ccc1C(=O)O. The number of hydrogen-bond donors (Lipinski definition) is 9. The third-order valence-corrected chi connectivity index (χ3v) is 11.3. The number of anilines is 3. The molecule has 0 radical (unpaired) electrons. The average Bonchev–Trinajstić information content (AvgIpc) is 1.45. The first-order chi connectivity index (χ1) is 41.7. The summed E-state index contributed by atoms with van der Waals surface area (Å²) < 4.78 is 21.9. The zero-order chi connectivity index (χ0) is 66.8. The molecule has 0 unspecified atom stereocenters. The number of hydrazine groups is 1. The lowest BCUT2D eigenvalue weighted by Crippen LogP contribution is -2.43. The standard InChI is InChI=1S/C23H23ClN4O3.C17H17ClN2O4.C10H15NO4.C7H6ClNO2.C6H8N2/c1-5-9-18(26-22(30)31-23(2,3)4)20-25-19-14-15(24)12-13-17(19)21(29)28(20)27-16-10-7-6-8-11-16;1-5-6-12(20-16(22)24-17(2,3)4)14-19-13-9-10(18)7-8-11(13)15(21)23-14;1-5-6-7(8(12)13)11-9(14)15-10(2,3)4;8-4-1-2-5(7(10)11)6(9)3-4;7-8-6-4-2-1-3-5-6/h1,6-8,10-14,18,27H,9H2,2-4H3,(H,26,30);1,7-9,12H,6H2,2-4H3,(H,20,22);1,7H,6H2,2-4H3,(H,11,14)(H,12,13);1-3H,9H2,(H,10,11);1-5,8H,7H2/t18-;12-;7-;;/m000../s1. The number of carboxylic acid groups (broad SMARTS) is 2. The Morgan fingerprint density at radius 3 is 1.49 bits per heavy atom. The number of fused-ring (bicyclic) bond motifs is 2. The highest BCUT2D eigenvalue weighted by Crippen LogP contribution is 2.24. The van der Waals surface area contributed by atoms with E-state index in [-0.39, 0.29) is 47.8 Å². The molecule has 2 aromatic heterocycles. The number of nitrogens with one attached hydrogen (secondary N) is 5. The Morgan fingerprint density at radius 2 is 1.04 bits per heavy atom. The molecule has 7 aromatic rings. The smallest absolute Gasteiger partial charge is 0.408 e. The van der Waals surface area contributed by atoms with Gasteiger partial charge in [-0.3, -0.25) is 16.1 Å². The van der Waals surface area contributed by atoms with Gasteiger partial charge in [0.1, 0.15) is 34.9 Å². The van der Waals surface area contributed by atoms with E-state index in [0.717, 1.165) is 5.69 Å². The normalized spacial score (nSPS) is 11.6. The van der Waals surface area contributed by atoms with E-state index >= 15 is 0 Å². The summed E-state index contributed by atoms with van der Waals surface area (Å²) in [7, 11) is 0. The Labute approximate surface area is 529 Å². The number of terminal acetylenes is 3. The van der Waals surface area contributed by atoms with Gasteiger partial charge in [-0.1, -0.05) is 71.2 Å². The van der Waals surface area contributed by atoms with Crippen molar-refractivity contribution in [3.63, 3.8) is 0 Å². The van der Waals surface area contributed by atoms with Crippen LogP contribution in [0.4, 0.5) is 31.4 Å². The van der Waals surface area contributed by atoms with Gasteiger partial charge in [-0.2, -0.15) is 0 Å². The van der Waals surface area contributed by atoms with Gasteiger partial charge in [0.2, 0.25) is 5.89 Å². The van der Waals surface area contributed by atoms with E-state index in [0.29, 0.717) is 42.6 Å². The number of rotatable bonds is 13. The van der Waals surface area contributed by atoms with Crippen LogP contribution in [-0.2, 0) is 19.0 Å². The molecule has 0 saturated carbocycles. The number of ether oxygens (including phenoxy) is 3. The summed E-state index contributed by atoms with van der Waals surface area (Å²) in [4.78, 5) is 90.9. The van der Waals surface area contributed by atoms with E-state index in [2.05, 4.69) is 54.5 Å². The molecule has 11 N–H and O–H groups in total. The number of carboxylic acids is 2. The van der Waals surface area contributed by atoms with Crippen molar-refractivity contribution >= 4 is 104 Å². The molecule has 0 bridgehead atoms. The highest BCUT2D eigenvalue weighted by molar-refractivity contribution is 6.31. The van der Waals surface area contributed by atoms with E-state index < -0.39 is 70.8 Å². The number of amides is 3. The number of para-hydroxylation sites is 2. The predicted octanol–water partition coefficient (Wildman–Crippen LogP) is 11.5. The van der Waals surface area contributed by atoms with Crippen molar-refractivity contribution in [2.45, 2.75) is 117 Å². The molecule has 2 heterocycles. The quantitative estimate of drug-likeness (QED) is 0.0170. The third-order valence-electron chi connectivity index (χ3n) is 10.6. The fraction of sp³-hybridized carbons (Fsp3) is 0.286. The number of benzene rings is 5. The first-order valence-electron chi connectivity index (χ1n) is 26.6. The molecule has 5 aromatic carbocycles. The zero-order valence-electron chi connectivity index (χ0n) is 50.1. The number of halogens is 3. The monoisotopic (exact) mass is 1280 g/mol. The van der Waals surface area contributed by atoms with Crippen molar-refractivity contribution in [3.05, 3.63) is 168 Å². The number of nitrogen functional groups attached to an aromatic ring is 2. The van der Waals surface area contributed by atoms with Gasteiger partial charge in [-0.25, -0.2) is 43.4 Å². The number of aliphatic carboxylic acids is 1. The molecule has 0 spiro atoms. The highest BCUT2D eigenvalue weighted by Gasteiger charge is 2.27. The van der Waals surface area contributed by atoms with E-state index in [4.69, 9.17) is 94.5 Å². The van der Waals surface area contributed by atoms with Gasteiger partial charge in [0.05, 0.1) is 33.1 Å². The third kappa shape index (κ3) is 26.3. The van der Waals surface area contributed by atoms with Crippen LogP contribution >= 0.6 is 34.8 Å². The molecule has 470 valence electrons. The molecule has 0 fully saturated rings. The molecule has 0 aliphatic heterocycles. The maximum atomic E-state index is 13.3. The summed E-state index contributed by atoms with van der Waals surface area (Å²) in [6.07, 6.45) is 13.8. The number of carbonyl (C=O) groups is 5. The molecule has 23 nitrogen and oxygen atoms in total. The lowest BCUT2D eigenvalue weighted by Gasteiger charge is -2.24. The van der Waals surface area contributed by atoms with Gasteiger partial charge in [-0.15, -0.1) is 37.0 Å². The first kappa shape index (κ1) is 73.3. The maximum absolute atomic E-state index is 13.3. The largest absolute Gasteiger partial charge is 0.480 e. The molecule has 3 amide bonds. The van der Waals surface area contributed by atoms with Crippen LogP contribution in [0.15, 0.2) is 129 Å². The van der Waals surface area contributed by atoms with Crippen molar-refractivity contribution in [1.82, 2.24) is 30.6 Å². The summed E-state index contributed by atoms with van der Waals surface area (Å²) in [5.41, 5.74) is 10.6. The Bertz CT molecular complexity index is 3830. The molecule has 0 aliphatic rings. The fourth-order valence-corrected chi connectivity index (χ4v) is 7.46. The number of alkyl carbamates (subject to hydrolysis) is 3. The minimum absolute atomic E-state index is 0.00132. The second-order valence-corrected chi connectivity index (χ2v) is 22.8. The zero-order valence-corrected chi connectivity index (χ0v) is 52.3. The summed E-state index contributed by atoms with van der Waals surface area (Å²) in [6, 6.07) is 29.8. The van der Waals surface area contributed by atoms with Crippen LogP contribution in [0.5, 0.6) is 0 Å². The first-order valence-corrected chi connectivity index (χ1v) is 27.8. The van der Waals surface area contributed by atoms with Crippen molar-refractivity contribution in [3.8, 4) is 37.0 Å². The van der Waals surface area contributed by atoms with Gasteiger partial charge < -0.3 is 56.0 Å².